The van der Waals surface area contributed by atoms with Gasteiger partial charge in [0.05, 0.1) is 6.04 Å². The molecular weight excluding hydrogens is 823 g/mol. The van der Waals surface area contributed by atoms with Crippen LogP contribution >= 0.6 is 0 Å². The highest BCUT2D eigenvalue weighted by Gasteiger charge is 2.33. The van der Waals surface area contributed by atoms with Crippen molar-refractivity contribution in [3.05, 3.63) is 0 Å². The Morgan fingerprint density at radius 2 is 0.953 bits per heavy atom. The summed E-state index contributed by atoms with van der Waals surface area (Å²) >= 11 is 0. The molecule has 0 radical (unpaired) electrons. The molecular formula is C49H87N3O12. The molecule has 4 amide bonds. The Morgan fingerprint density at radius 1 is 0.562 bits per heavy atom. The Bertz CT molecular complexity index is 1370. The van der Waals surface area contributed by atoms with Crippen LogP contribution in [0.4, 0.5) is 0 Å². The predicted octanol–water partition coefficient (Wildman–Crippen LogP) is 10.0. The van der Waals surface area contributed by atoms with E-state index in [1.165, 1.54) is 89.9 Å². The second-order valence-electron chi connectivity index (χ2n) is 19.6. The fourth-order valence-electron chi connectivity index (χ4n) is 7.18. The number of carboxylic acid groups (broad SMARTS) is 2. The van der Waals surface area contributed by atoms with Gasteiger partial charge in [-0.05, 0) is 58.3 Å². The molecule has 1 rings (SSSR count). The van der Waals surface area contributed by atoms with Crippen molar-refractivity contribution in [3.8, 4) is 0 Å². The fraction of sp³-hybridized carbons (Fsp3) is 0.837. The number of rotatable bonds is 35. The molecule has 0 saturated carbocycles. The molecule has 64 heavy (non-hydrogen) atoms. The second kappa shape index (κ2) is 35.4. The van der Waals surface area contributed by atoms with Crippen molar-refractivity contribution in [2.45, 2.75) is 252 Å². The van der Waals surface area contributed by atoms with Crippen LogP contribution in [0.5, 0.6) is 0 Å². The standard InChI is InChI=1S/C25H46N2O6.C24H41NO6/c1-25(2,3)18-14-12-10-8-6-4-5-7-9-11-13-15-19(24(32)33)22(30)27-23(31)20(26)16-17-21(28)29;1-24(2,3)30-22(28)16-14-12-10-8-6-4-5-7-9-11-13-15-17-23(29)31-25-20(26)18-19-21(25)27/h19-20H,4-18,26H2,1-3H3,(H,28,29)(H,32,33)(H,27,30,31);4-19H2,1-3H3/t19?,20-;/m0./s1. The summed E-state index contributed by atoms with van der Waals surface area (Å²) in [5, 5.41) is 20.5. The molecule has 1 saturated heterocycles. The maximum Gasteiger partial charge on any atom is 0.333 e. The average molecular weight is 910 g/mol. The van der Waals surface area contributed by atoms with Crippen molar-refractivity contribution in [3.63, 3.8) is 0 Å². The molecule has 0 bridgehead atoms. The van der Waals surface area contributed by atoms with Gasteiger partial charge in [0.25, 0.3) is 11.8 Å². The highest BCUT2D eigenvalue weighted by molar-refractivity contribution is 6.05. The lowest BCUT2D eigenvalue weighted by Crippen LogP contribution is -2.47. The van der Waals surface area contributed by atoms with Crippen molar-refractivity contribution in [2.75, 3.05) is 0 Å². The van der Waals surface area contributed by atoms with E-state index in [0.29, 0.717) is 23.3 Å². The van der Waals surface area contributed by atoms with Crippen LogP contribution in [0.25, 0.3) is 0 Å². The number of hydrogen-bond acceptors (Lipinski definition) is 11. The number of imide groups is 2. The highest BCUT2D eigenvalue weighted by Crippen LogP contribution is 2.23. The Hall–Kier alpha value is -3.88. The summed E-state index contributed by atoms with van der Waals surface area (Å²) in [6.07, 6.45) is 27.7. The minimum Gasteiger partial charge on any atom is -0.481 e. The van der Waals surface area contributed by atoms with Gasteiger partial charge in [-0.2, -0.15) is 0 Å². The van der Waals surface area contributed by atoms with Crippen LogP contribution in [-0.2, 0) is 47.9 Å². The molecule has 0 aromatic rings. The van der Waals surface area contributed by atoms with Gasteiger partial charge < -0.3 is 25.5 Å². The maximum atomic E-state index is 12.1. The number of unbranched alkanes of at least 4 members (excludes halogenated alkanes) is 21. The smallest absolute Gasteiger partial charge is 0.333 e. The maximum absolute atomic E-state index is 12.1. The van der Waals surface area contributed by atoms with Crippen molar-refractivity contribution < 1.29 is 58.1 Å². The molecule has 2 atom stereocenters. The molecule has 370 valence electrons. The van der Waals surface area contributed by atoms with Crippen LogP contribution in [0.2, 0.25) is 0 Å². The number of nitrogens with zero attached hydrogens (tertiary/aromatic N) is 1. The van der Waals surface area contributed by atoms with Crippen LogP contribution in [0.15, 0.2) is 0 Å². The van der Waals surface area contributed by atoms with Gasteiger partial charge in [0, 0.05) is 32.1 Å². The van der Waals surface area contributed by atoms with Crippen molar-refractivity contribution in [1.29, 1.82) is 0 Å². The number of esters is 1. The van der Waals surface area contributed by atoms with Gasteiger partial charge in [-0.25, -0.2) is 4.79 Å². The van der Waals surface area contributed by atoms with Crippen LogP contribution in [0.1, 0.15) is 241 Å². The molecule has 1 unspecified atom stereocenters. The number of ether oxygens (including phenoxy) is 1. The first-order chi connectivity index (χ1) is 30.1. The summed E-state index contributed by atoms with van der Waals surface area (Å²) in [6, 6.07) is -1.16. The Kier molecular flexibility index (Phi) is 33.2. The second-order valence-corrected chi connectivity index (χ2v) is 19.6. The lowest BCUT2D eigenvalue weighted by atomic mass is 9.89. The van der Waals surface area contributed by atoms with Crippen molar-refractivity contribution >= 4 is 47.5 Å². The van der Waals surface area contributed by atoms with E-state index in [1.807, 2.05) is 26.1 Å². The van der Waals surface area contributed by atoms with E-state index >= 15 is 0 Å². The Labute approximate surface area is 384 Å². The average Bonchev–Trinajstić information content (AvgIpc) is 3.51. The largest absolute Gasteiger partial charge is 0.481 e. The molecule has 1 heterocycles. The predicted molar refractivity (Wildman–Crippen MR) is 246 cm³/mol. The third kappa shape index (κ3) is 35.5. The number of aliphatic carboxylic acids is 2. The molecule has 5 N–H and O–H groups in total. The zero-order chi connectivity index (χ0) is 48.4. The first-order valence-electron chi connectivity index (χ1n) is 24.5. The summed E-state index contributed by atoms with van der Waals surface area (Å²) in [5.74, 6) is -6.88. The van der Waals surface area contributed by atoms with E-state index in [0.717, 1.165) is 57.8 Å². The molecule has 15 heteroatoms. The molecule has 0 aliphatic carbocycles. The summed E-state index contributed by atoms with van der Waals surface area (Å²) < 4.78 is 5.30. The molecule has 1 aliphatic rings. The van der Waals surface area contributed by atoms with E-state index in [-0.39, 0.29) is 50.1 Å². The molecule has 15 nitrogen and oxygen atoms in total. The van der Waals surface area contributed by atoms with E-state index in [9.17, 15) is 43.5 Å². The number of hydroxylamine groups is 2. The molecule has 0 aromatic carbocycles. The zero-order valence-electron chi connectivity index (χ0n) is 40.6. The number of carboxylic acids is 2. The Morgan fingerprint density at radius 3 is 1.34 bits per heavy atom. The number of nitrogens with one attached hydrogen (secondary N) is 1. The lowest BCUT2D eigenvalue weighted by molar-refractivity contribution is -0.197. The van der Waals surface area contributed by atoms with Crippen LogP contribution in [0, 0.1) is 11.3 Å². The van der Waals surface area contributed by atoms with Gasteiger partial charge in [-0.1, -0.05) is 156 Å². The summed E-state index contributed by atoms with van der Waals surface area (Å²) in [7, 11) is 0. The normalized spacial score (nSPS) is 13.8. The quantitative estimate of drug-likeness (QED) is 0.0201. The fourth-order valence-corrected chi connectivity index (χ4v) is 7.18. The third-order valence-electron chi connectivity index (χ3n) is 10.9. The third-order valence-corrected chi connectivity index (χ3v) is 10.9. The number of carbonyl (C=O) groups excluding carboxylic acids is 6. The molecule has 1 fully saturated rings. The van der Waals surface area contributed by atoms with Crippen molar-refractivity contribution in [1.82, 2.24) is 10.4 Å². The van der Waals surface area contributed by atoms with E-state index < -0.39 is 53.5 Å². The molecule has 0 spiro atoms. The number of carbonyl (C=O) groups is 8. The zero-order valence-corrected chi connectivity index (χ0v) is 40.6. The minimum absolute atomic E-state index is 0.0961. The number of nitrogens with two attached hydrogens (primary N) is 1. The van der Waals surface area contributed by atoms with E-state index in [4.69, 9.17) is 20.4 Å². The van der Waals surface area contributed by atoms with E-state index in [2.05, 4.69) is 20.8 Å². The van der Waals surface area contributed by atoms with Gasteiger partial charge in [0.2, 0.25) is 11.8 Å². The highest BCUT2D eigenvalue weighted by atomic mass is 16.7. The summed E-state index contributed by atoms with van der Waals surface area (Å²) in [6.45, 7) is 12.5. The number of amides is 4. The van der Waals surface area contributed by atoms with Crippen LogP contribution < -0.4 is 11.1 Å². The van der Waals surface area contributed by atoms with Gasteiger partial charge in [0.1, 0.15) is 11.5 Å². The van der Waals surface area contributed by atoms with Crippen molar-refractivity contribution in [2.24, 2.45) is 17.1 Å². The number of hydrogen-bond donors (Lipinski definition) is 4. The van der Waals surface area contributed by atoms with Crippen LogP contribution in [-0.4, -0.2) is 74.4 Å². The topological polar surface area (TPSA) is 237 Å². The first-order valence-corrected chi connectivity index (χ1v) is 24.5. The monoisotopic (exact) mass is 910 g/mol. The minimum atomic E-state index is -1.31. The lowest BCUT2D eigenvalue weighted by Gasteiger charge is -2.19. The SMILES string of the molecule is CC(C)(C)CCCCCCCCCCCCCC(C(=O)O)C(=O)NC(=O)[C@@H](N)CCC(=O)O.CC(C)(C)OC(=O)CCCCCCCCCCCCCCC(=O)ON1C(=O)CCC1=O. The van der Waals surface area contributed by atoms with Gasteiger partial charge in [-0.3, -0.25) is 38.9 Å². The van der Waals surface area contributed by atoms with Gasteiger partial charge in [-0.15, -0.1) is 5.06 Å². The molecule has 1 aliphatic heterocycles. The van der Waals surface area contributed by atoms with Crippen LogP contribution in [0.3, 0.4) is 0 Å². The first kappa shape index (κ1) is 60.1. The summed E-state index contributed by atoms with van der Waals surface area (Å²) in [5.41, 5.74) is 5.59. The molecule has 0 aromatic heterocycles. The van der Waals surface area contributed by atoms with Gasteiger partial charge in [0.15, 0.2) is 0 Å². The van der Waals surface area contributed by atoms with E-state index in [1.54, 1.807) is 0 Å². The Balaban J connectivity index is 0.00000124. The summed E-state index contributed by atoms with van der Waals surface area (Å²) in [4.78, 5) is 96.9. The van der Waals surface area contributed by atoms with Gasteiger partial charge >= 0.3 is 23.9 Å².